The number of aromatic nitrogens is 2. The molecule has 4 aromatic heterocycles. The van der Waals surface area contributed by atoms with Gasteiger partial charge in [-0.05, 0) is 82.9 Å². The second-order valence-corrected chi connectivity index (χ2v) is 14.5. The Kier molecular flexibility index (Phi) is 8.92. The summed E-state index contributed by atoms with van der Waals surface area (Å²) in [6, 6.07) is 3.34. The predicted octanol–water partition coefficient (Wildman–Crippen LogP) is 7.11. The van der Waals surface area contributed by atoms with Gasteiger partial charge >= 0.3 is 47.2 Å². The number of fused-ring (bicyclic) bond motifs is 4. The quantitative estimate of drug-likeness (QED) is 0.166. The van der Waals surface area contributed by atoms with E-state index in [1.165, 1.54) is 0 Å². The van der Waals surface area contributed by atoms with Crippen molar-refractivity contribution in [1.29, 1.82) is 0 Å². The van der Waals surface area contributed by atoms with Gasteiger partial charge in [-0.1, -0.05) is 12.1 Å². The van der Waals surface area contributed by atoms with Crippen LogP contribution in [0.3, 0.4) is 0 Å². The van der Waals surface area contributed by atoms with E-state index < -0.39 is 168 Å². The number of alkyl halides is 12. The van der Waals surface area contributed by atoms with Crippen LogP contribution in [0.25, 0.3) is 76.7 Å². The summed E-state index contributed by atoms with van der Waals surface area (Å²) in [4.78, 5) is 102. The second-order valence-electron chi connectivity index (χ2n) is 14.5. The maximum Gasteiger partial charge on any atom is 0.418 e. The molecule has 0 aliphatic heterocycles. The lowest BCUT2D eigenvalue weighted by atomic mass is 9.88. The SMILES string of the molecule is O=c1oc(=O)c2cc3c(=O)n(-c4ccc(-c5cc(C(F)(F)F)c(-c6ccc(-n7c(=O)c8cc9c(=O)oc(=O)c9cc8c7=O)c(C(F)(F)F)c6)cc5C(F)(F)F)cc4C(F)(F)F)c(=O)c3cc12. The molecule has 0 aliphatic rings. The van der Waals surface area contributed by atoms with Crippen LogP contribution in [0.4, 0.5) is 52.7 Å². The number of hydrogen-bond donors (Lipinski definition) is 0. The third-order valence-electron chi connectivity index (χ3n) is 10.8. The first kappa shape index (κ1) is 43.1. The van der Waals surface area contributed by atoms with Gasteiger partial charge in [-0.25, -0.2) is 28.3 Å². The van der Waals surface area contributed by atoms with Gasteiger partial charge in [0.25, 0.3) is 22.2 Å². The van der Waals surface area contributed by atoms with E-state index in [0.29, 0.717) is 48.5 Å². The third kappa shape index (κ3) is 6.41. The first-order valence-corrected chi connectivity index (χ1v) is 18.0. The molecule has 0 N–H and O–H groups in total. The van der Waals surface area contributed by atoms with E-state index >= 15 is 0 Å². The average Bonchev–Trinajstić information content (AvgIpc) is 3.85. The zero-order chi connectivity index (χ0) is 48.1. The highest BCUT2D eigenvalue weighted by atomic mass is 19.4. The minimum atomic E-state index is -5.77. The molecule has 0 atom stereocenters. The molecule has 0 fully saturated rings. The first-order chi connectivity index (χ1) is 30.6. The summed E-state index contributed by atoms with van der Waals surface area (Å²) in [5.41, 5.74) is -27.9. The fraction of sp³-hybridized carbons (Fsp3) is 0.0952. The van der Waals surface area contributed by atoms with Crippen LogP contribution >= 0.6 is 0 Å². The molecule has 334 valence electrons. The summed E-state index contributed by atoms with van der Waals surface area (Å²) in [7, 11) is 0. The lowest BCUT2D eigenvalue weighted by molar-refractivity contribution is -0.140. The zero-order valence-corrected chi connectivity index (χ0v) is 31.4. The van der Waals surface area contributed by atoms with Crippen molar-refractivity contribution in [1.82, 2.24) is 9.13 Å². The molecule has 24 heteroatoms. The van der Waals surface area contributed by atoms with Crippen LogP contribution in [0.2, 0.25) is 0 Å². The number of hydrogen-bond acceptors (Lipinski definition) is 10. The number of benzene rings is 5. The summed E-state index contributed by atoms with van der Waals surface area (Å²) < 4.78 is 186. The molecule has 0 spiro atoms. The summed E-state index contributed by atoms with van der Waals surface area (Å²) in [6.45, 7) is 0. The van der Waals surface area contributed by atoms with Crippen molar-refractivity contribution >= 4 is 43.1 Å². The fourth-order valence-corrected chi connectivity index (χ4v) is 7.87. The van der Waals surface area contributed by atoms with Gasteiger partial charge in [-0.3, -0.25) is 19.2 Å². The predicted molar refractivity (Wildman–Crippen MR) is 205 cm³/mol. The normalized spacial score (nSPS) is 13.0. The van der Waals surface area contributed by atoms with Gasteiger partial charge in [0, 0.05) is 0 Å². The molecule has 0 unspecified atom stereocenters. The Labute approximate surface area is 350 Å². The summed E-state index contributed by atoms with van der Waals surface area (Å²) in [6.07, 6.45) is -22.9. The molecule has 66 heavy (non-hydrogen) atoms. The van der Waals surface area contributed by atoms with Crippen molar-refractivity contribution in [2.45, 2.75) is 24.7 Å². The Hall–Kier alpha value is -8.18. The highest BCUT2D eigenvalue weighted by molar-refractivity contribution is 5.99. The van der Waals surface area contributed by atoms with Gasteiger partial charge in [0.15, 0.2) is 0 Å². The Morgan fingerprint density at radius 3 is 0.818 bits per heavy atom. The highest BCUT2D eigenvalue weighted by Gasteiger charge is 2.43. The number of furan rings is 2. The maximum absolute atomic E-state index is 14.8. The number of halogens is 12. The van der Waals surface area contributed by atoms with Crippen molar-refractivity contribution < 1.29 is 61.5 Å². The summed E-state index contributed by atoms with van der Waals surface area (Å²) in [5.74, 6) is 0. The lowest BCUT2D eigenvalue weighted by Gasteiger charge is -2.22. The maximum atomic E-state index is 14.8. The van der Waals surface area contributed by atoms with Crippen LogP contribution in [0.1, 0.15) is 22.3 Å². The molecule has 0 amide bonds. The molecule has 0 bridgehead atoms. The molecule has 9 rings (SSSR count). The fourth-order valence-electron chi connectivity index (χ4n) is 7.87. The molecule has 0 saturated heterocycles. The lowest BCUT2D eigenvalue weighted by Crippen LogP contribution is -2.26. The summed E-state index contributed by atoms with van der Waals surface area (Å²) >= 11 is 0. The van der Waals surface area contributed by atoms with E-state index in [-0.39, 0.29) is 33.4 Å². The Morgan fingerprint density at radius 2 is 0.576 bits per heavy atom. The van der Waals surface area contributed by atoms with Gasteiger partial charge in [0.2, 0.25) is 0 Å². The van der Waals surface area contributed by atoms with E-state index in [1.807, 2.05) is 0 Å². The third-order valence-corrected chi connectivity index (χ3v) is 10.8. The average molecular weight is 933 g/mol. The first-order valence-electron chi connectivity index (χ1n) is 18.0. The number of nitrogens with zero attached hydrogens (tertiary/aromatic N) is 2. The topological polar surface area (TPSA) is 173 Å². The van der Waals surface area contributed by atoms with E-state index in [0.717, 1.165) is 0 Å². The monoisotopic (exact) mass is 932 g/mol. The molecule has 5 aromatic carbocycles. The van der Waals surface area contributed by atoms with Crippen LogP contribution < -0.4 is 44.7 Å². The van der Waals surface area contributed by atoms with Gasteiger partial charge < -0.3 is 8.83 Å². The number of rotatable bonds is 4. The molecule has 0 radical (unpaired) electrons. The van der Waals surface area contributed by atoms with Crippen LogP contribution in [0, 0.1) is 0 Å². The van der Waals surface area contributed by atoms with Gasteiger partial charge in [-0.2, -0.15) is 52.7 Å². The van der Waals surface area contributed by atoms with Crippen molar-refractivity contribution in [3.8, 4) is 33.6 Å². The minimum Gasteiger partial charge on any atom is -0.386 e. The van der Waals surface area contributed by atoms with E-state index in [2.05, 4.69) is 8.83 Å². The molecule has 9 aromatic rings. The van der Waals surface area contributed by atoms with Crippen molar-refractivity contribution in [2.24, 2.45) is 0 Å². The van der Waals surface area contributed by atoms with E-state index in [1.54, 1.807) is 0 Å². The zero-order valence-electron chi connectivity index (χ0n) is 31.4. The largest absolute Gasteiger partial charge is 0.418 e. The van der Waals surface area contributed by atoms with Crippen molar-refractivity contribution in [3.05, 3.63) is 178 Å². The Bertz CT molecular complexity index is 3660. The van der Waals surface area contributed by atoms with Gasteiger partial charge in [0.1, 0.15) is 0 Å². The summed E-state index contributed by atoms with van der Waals surface area (Å²) in [5, 5.41) is -4.85. The standard InChI is InChI=1S/C42H12F12N2O10/c43-39(44,45)25-12-16(14-2-4-30(28(6-14)42(52,53)54)56-33(59)19-9-23-24(10-20(19)34(56)60)38(64)66-37(23)63)26(40(46,47)48)11-15(25)13-1-3-29(27(5-13)41(49,50)51)55-31(57)17-7-21-22(8-18(17)32(55)58)36(62)65-35(21)61/h1-12H. The van der Waals surface area contributed by atoms with E-state index in [9.17, 15) is 91.0 Å². The van der Waals surface area contributed by atoms with Gasteiger partial charge in [-0.15, -0.1) is 0 Å². The van der Waals surface area contributed by atoms with E-state index in [4.69, 9.17) is 0 Å². The molecule has 0 saturated carbocycles. The molecular weight excluding hydrogens is 920 g/mol. The minimum absolute atomic E-state index is 0.0933. The molecule has 0 aliphatic carbocycles. The molecule has 12 nitrogen and oxygen atoms in total. The highest BCUT2D eigenvalue weighted by Crippen LogP contribution is 2.48. The van der Waals surface area contributed by atoms with Crippen LogP contribution in [0.5, 0.6) is 0 Å². The molecule has 4 heterocycles. The Balaban J connectivity index is 1.25. The van der Waals surface area contributed by atoms with Crippen LogP contribution in [-0.4, -0.2) is 9.13 Å². The van der Waals surface area contributed by atoms with Crippen molar-refractivity contribution in [2.75, 3.05) is 0 Å². The van der Waals surface area contributed by atoms with Crippen molar-refractivity contribution in [3.63, 3.8) is 0 Å². The molecular formula is C42H12F12N2O10. The second kappa shape index (κ2) is 13.7. The Morgan fingerprint density at radius 1 is 0.318 bits per heavy atom. The van der Waals surface area contributed by atoms with Gasteiger partial charge in [0.05, 0.1) is 76.7 Å². The van der Waals surface area contributed by atoms with Crippen LogP contribution in [-0.2, 0) is 24.7 Å². The van der Waals surface area contributed by atoms with Crippen LogP contribution in [0.15, 0.2) is 120 Å². The smallest absolute Gasteiger partial charge is 0.386 e.